The van der Waals surface area contributed by atoms with Crippen LogP contribution in [-0.2, 0) is 14.9 Å². The summed E-state index contributed by atoms with van der Waals surface area (Å²) in [7, 11) is 2.17. The van der Waals surface area contributed by atoms with Crippen LogP contribution in [0.3, 0.4) is 0 Å². The monoisotopic (exact) mass is 387 g/mol. The van der Waals surface area contributed by atoms with Crippen molar-refractivity contribution in [3.63, 3.8) is 0 Å². The number of rotatable bonds is 7. The quantitative estimate of drug-likeness (QED) is 0.755. The molecule has 1 aromatic carbocycles. The SMILES string of the molecule is CCCO[C@@H]1CC[C@H](C(=O)NCC2(c3ccccc3)CCN(C)CC2)C[C@H]1N. The molecule has 1 heterocycles. The van der Waals surface area contributed by atoms with Gasteiger partial charge < -0.3 is 20.7 Å². The third-order valence-corrected chi connectivity index (χ3v) is 6.67. The molecule has 1 aliphatic carbocycles. The van der Waals surface area contributed by atoms with E-state index in [1.54, 1.807) is 0 Å². The smallest absolute Gasteiger partial charge is 0.223 e. The van der Waals surface area contributed by atoms with Crippen LogP contribution in [0, 0.1) is 5.92 Å². The molecule has 5 heteroatoms. The Morgan fingerprint density at radius 2 is 1.96 bits per heavy atom. The van der Waals surface area contributed by atoms with Crippen LogP contribution >= 0.6 is 0 Å². The zero-order valence-electron chi connectivity index (χ0n) is 17.5. The second-order valence-corrected chi connectivity index (χ2v) is 8.75. The van der Waals surface area contributed by atoms with E-state index in [9.17, 15) is 4.79 Å². The molecule has 3 N–H and O–H groups in total. The zero-order valence-corrected chi connectivity index (χ0v) is 17.5. The average Bonchev–Trinajstić information content (AvgIpc) is 2.73. The Balaban J connectivity index is 1.59. The highest BCUT2D eigenvalue weighted by molar-refractivity contribution is 5.79. The molecule has 0 unspecified atom stereocenters. The molecule has 2 aliphatic rings. The van der Waals surface area contributed by atoms with Gasteiger partial charge in [-0.2, -0.15) is 0 Å². The van der Waals surface area contributed by atoms with E-state index in [1.807, 2.05) is 0 Å². The lowest BCUT2D eigenvalue weighted by atomic mass is 9.72. The molecule has 3 rings (SSSR count). The highest BCUT2D eigenvalue weighted by atomic mass is 16.5. The summed E-state index contributed by atoms with van der Waals surface area (Å²) in [6.07, 6.45) is 5.73. The molecule has 1 aliphatic heterocycles. The van der Waals surface area contributed by atoms with Crippen LogP contribution in [0.1, 0.15) is 51.0 Å². The standard InChI is InChI=1S/C23H37N3O2/c1-3-15-28-21-10-9-18(16-20(21)24)22(27)25-17-23(11-13-26(2)14-12-23)19-7-5-4-6-8-19/h4-8,18,20-21H,3,9-17,24H2,1-2H3,(H,25,27)/t18-,20+,21+/m0/s1. The first-order chi connectivity index (χ1) is 13.5. The van der Waals surface area contributed by atoms with Crippen LogP contribution in [0.25, 0.3) is 0 Å². The first-order valence-electron chi connectivity index (χ1n) is 10.9. The van der Waals surface area contributed by atoms with E-state index in [0.29, 0.717) is 6.54 Å². The summed E-state index contributed by atoms with van der Waals surface area (Å²) in [6, 6.07) is 10.7. The molecule has 1 saturated carbocycles. The number of hydrogen-bond acceptors (Lipinski definition) is 4. The van der Waals surface area contributed by atoms with Gasteiger partial charge in [0.15, 0.2) is 0 Å². The topological polar surface area (TPSA) is 67.6 Å². The molecule has 2 fully saturated rings. The lowest BCUT2D eigenvalue weighted by Gasteiger charge is -2.42. The predicted octanol–water partition coefficient (Wildman–Crippen LogP) is 2.69. The van der Waals surface area contributed by atoms with Crippen LogP contribution in [0.15, 0.2) is 30.3 Å². The Morgan fingerprint density at radius 1 is 1.25 bits per heavy atom. The van der Waals surface area contributed by atoms with E-state index < -0.39 is 0 Å². The Hall–Kier alpha value is -1.43. The summed E-state index contributed by atoms with van der Waals surface area (Å²) < 4.78 is 5.85. The Kier molecular flexibility index (Phi) is 7.49. The third kappa shape index (κ3) is 5.13. The Labute approximate surface area is 170 Å². The first kappa shape index (κ1) is 21.3. The van der Waals surface area contributed by atoms with Crippen molar-refractivity contribution >= 4 is 5.91 Å². The summed E-state index contributed by atoms with van der Waals surface area (Å²) in [6.45, 7) is 5.70. The number of nitrogens with zero attached hydrogens (tertiary/aromatic N) is 1. The fourth-order valence-corrected chi connectivity index (χ4v) is 4.70. The van der Waals surface area contributed by atoms with Gasteiger partial charge in [-0.05, 0) is 64.2 Å². The van der Waals surface area contributed by atoms with Crippen molar-refractivity contribution in [1.82, 2.24) is 10.2 Å². The van der Waals surface area contributed by atoms with E-state index in [-0.39, 0.29) is 29.4 Å². The normalized spacial score (nSPS) is 28.0. The number of carbonyl (C=O) groups excluding carboxylic acids is 1. The van der Waals surface area contributed by atoms with Gasteiger partial charge in [-0.1, -0.05) is 37.3 Å². The van der Waals surface area contributed by atoms with E-state index in [0.717, 1.165) is 58.2 Å². The fraction of sp³-hybridized carbons (Fsp3) is 0.696. The van der Waals surface area contributed by atoms with Gasteiger partial charge in [0.05, 0.1) is 6.10 Å². The number of piperidine rings is 1. The molecule has 1 saturated heterocycles. The number of ether oxygens (including phenoxy) is 1. The van der Waals surface area contributed by atoms with Gasteiger partial charge in [0, 0.05) is 30.5 Å². The largest absolute Gasteiger partial charge is 0.377 e. The minimum absolute atomic E-state index is 0.00978. The molecule has 0 aromatic heterocycles. The van der Waals surface area contributed by atoms with Crippen molar-refractivity contribution in [2.75, 3.05) is 33.3 Å². The van der Waals surface area contributed by atoms with E-state index >= 15 is 0 Å². The summed E-state index contributed by atoms with van der Waals surface area (Å²) >= 11 is 0. The molecule has 156 valence electrons. The van der Waals surface area contributed by atoms with Crippen LogP contribution < -0.4 is 11.1 Å². The Bertz CT molecular complexity index is 614. The second-order valence-electron chi connectivity index (χ2n) is 8.75. The van der Waals surface area contributed by atoms with Crippen LogP contribution in [0.4, 0.5) is 0 Å². The molecule has 1 amide bonds. The minimum atomic E-state index is -0.0394. The summed E-state index contributed by atoms with van der Waals surface area (Å²) in [4.78, 5) is 15.3. The number of hydrogen-bond donors (Lipinski definition) is 2. The van der Waals surface area contributed by atoms with Crippen molar-refractivity contribution in [3.8, 4) is 0 Å². The summed E-state index contributed by atoms with van der Waals surface area (Å²) in [5, 5.41) is 3.30. The molecular formula is C23H37N3O2. The van der Waals surface area contributed by atoms with Gasteiger partial charge in [0.2, 0.25) is 5.91 Å². The number of benzene rings is 1. The van der Waals surface area contributed by atoms with E-state index in [2.05, 4.69) is 54.5 Å². The molecule has 28 heavy (non-hydrogen) atoms. The van der Waals surface area contributed by atoms with Crippen LogP contribution in [0.2, 0.25) is 0 Å². The van der Waals surface area contributed by atoms with Gasteiger partial charge in [-0.25, -0.2) is 0 Å². The lowest BCUT2D eigenvalue weighted by molar-refractivity contribution is -0.127. The molecule has 1 aromatic rings. The predicted molar refractivity (Wildman–Crippen MR) is 113 cm³/mol. The lowest BCUT2D eigenvalue weighted by Crippen LogP contribution is -2.51. The fourth-order valence-electron chi connectivity index (χ4n) is 4.70. The molecular weight excluding hydrogens is 350 g/mol. The van der Waals surface area contributed by atoms with Crippen molar-refractivity contribution in [3.05, 3.63) is 35.9 Å². The Morgan fingerprint density at radius 3 is 2.61 bits per heavy atom. The second kappa shape index (κ2) is 9.86. The molecule has 5 nitrogen and oxygen atoms in total. The maximum Gasteiger partial charge on any atom is 0.223 e. The van der Waals surface area contributed by atoms with Crippen molar-refractivity contribution < 1.29 is 9.53 Å². The number of nitrogens with two attached hydrogens (primary N) is 1. The molecule has 3 atom stereocenters. The zero-order chi connectivity index (χ0) is 20.0. The van der Waals surface area contributed by atoms with Gasteiger partial charge in [-0.3, -0.25) is 4.79 Å². The van der Waals surface area contributed by atoms with Gasteiger partial charge in [0.1, 0.15) is 0 Å². The number of amides is 1. The summed E-state index contributed by atoms with van der Waals surface area (Å²) in [5.41, 5.74) is 7.69. The number of likely N-dealkylation sites (tertiary alicyclic amines) is 1. The number of nitrogens with one attached hydrogen (secondary N) is 1. The van der Waals surface area contributed by atoms with E-state index in [1.165, 1.54) is 5.56 Å². The van der Waals surface area contributed by atoms with Gasteiger partial charge >= 0.3 is 0 Å². The van der Waals surface area contributed by atoms with Crippen molar-refractivity contribution in [1.29, 1.82) is 0 Å². The first-order valence-corrected chi connectivity index (χ1v) is 10.9. The number of carbonyl (C=O) groups is 1. The van der Waals surface area contributed by atoms with Crippen LogP contribution in [0.5, 0.6) is 0 Å². The maximum absolute atomic E-state index is 12.9. The molecule has 0 radical (unpaired) electrons. The molecule has 0 spiro atoms. The average molecular weight is 388 g/mol. The van der Waals surface area contributed by atoms with Crippen molar-refractivity contribution in [2.45, 2.75) is 63.0 Å². The maximum atomic E-state index is 12.9. The molecule has 0 bridgehead atoms. The van der Waals surface area contributed by atoms with Crippen LogP contribution in [-0.4, -0.2) is 56.2 Å². The van der Waals surface area contributed by atoms with Gasteiger partial charge in [0.25, 0.3) is 0 Å². The highest BCUT2D eigenvalue weighted by Gasteiger charge is 2.37. The van der Waals surface area contributed by atoms with E-state index in [4.69, 9.17) is 10.5 Å². The minimum Gasteiger partial charge on any atom is -0.377 e. The van der Waals surface area contributed by atoms with Crippen molar-refractivity contribution in [2.24, 2.45) is 11.7 Å². The highest BCUT2D eigenvalue weighted by Crippen LogP contribution is 2.35. The summed E-state index contributed by atoms with van der Waals surface area (Å²) in [5.74, 6) is 0.175. The van der Waals surface area contributed by atoms with Gasteiger partial charge in [-0.15, -0.1) is 0 Å². The third-order valence-electron chi connectivity index (χ3n) is 6.67.